The summed E-state index contributed by atoms with van der Waals surface area (Å²) in [5, 5.41) is 8.78. The topological polar surface area (TPSA) is 61.4 Å². The fourth-order valence-electron chi connectivity index (χ4n) is 5.08. The summed E-state index contributed by atoms with van der Waals surface area (Å²) in [6, 6.07) is 22.3. The molecule has 2 amide bonds. The maximum atomic E-state index is 13.7. The lowest BCUT2D eigenvalue weighted by Crippen LogP contribution is -2.52. The van der Waals surface area contributed by atoms with Crippen LogP contribution in [-0.4, -0.2) is 42.4 Å². The van der Waals surface area contributed by atoms with E-state index >= 15 is 0 Å². The van der Waals surface area contributed by atoms with E-state index in [1.54, 1.807) is 0 Å². The second-order valence-corrected chi connectivity index (χ2v) is 9.25. The summed E-state index contributed by atoms with van der Waals surface area (Å²) in [6.45, 7) is 2.99. The van der Waals surface area contributed by atoms with Gasteiger partial charge in [-0.15, -0.1) is 12.4 Å². The van der Waals surface area contributed by atoms with E-state index in [0.717, 1.165) is 43.3 Å². The average Bonchev–Trinajstić information content (AvgIpc) is 2.88. The summed E-state index contributed by atoms with van der Waals surface area (Å²) in [5.41, 5.74) is 3.58. The maximum Gasteiger partial charge on any atom is 0.245 e. The van der Waals surface area contributed by atoms with Gasteiger partial charge in [-0.1, -0.05) is 66.7 Å². The number of amides is 2. The van der Waals surface area contributed by atoms with E-state index in [-0.39, 0.29) is 30.1 Å². The molecule has 0 unspecified atom stereocenters. The number of rotatable bonds is 5. The first-order valence-electron chi connectivity index (χ1n) is 12.0. The zero-order chi connectivity index (χ0) is 22.6. The van der Waals surface area contributed by atoms with Crippen molar-refractivity contribution in [1.29, 1.82) is 0 Å². The number of halogens is 1. The van der Waals surface area contributed by atoms with Gasteiger partial charge in [-0.25, -0.2) is 0 Å². The van der Waals surface area contributed by atoms with E-state index in [9.17, 15) is 9.59 Å². The highest BCUT2D eigenvalue weighted by molar-refractivity contribution is 5.89. The molecule has 1 fully saturated rings. The van der Waals surface area contributed by atoms with Crippen molar-refractivity contribution in [1.82, 2.24) is 15.5 Å². The molecule has 1 atom stereocenters. The van der Waals surface area contributed by atoms with Gasteiger partial charge in [0.25, 0.3) is 0 Å². The molecule has 1 saturated heterocycles. The first kappa shape index (κ1) is 24.2. The van der Waals surface area contributed by atoms with Crippen LogP contribution < -0.4 is 10.6 Å². The zero-order valence-corrected chi connectivity index (χ0v) is 20.2. The minimum Gasteiger partial charge on any atom is -0.344 e. The number of carbonyl (C=O) groups excluding carboxylic acids is 2. The largest absolute Gasteiger partial charge is 0.344 e. The quantitative estimate of drug-likeness (QED) is 0.586. The van der Waals surface area contributed by atoms with Crippen LogP contribution >= 0.6 is 12.4 Å². The molecule has 3 aromatic rings. The minimum absolute atomic E-state index is 0. The molecule has 34 heavy (non-hydrogen) atoms. The van der Waals surface area contributed by atoms with Crippen LogP contribution in [-0.2, 0) is 29.0 Å². The molecule has 178 valence electrons. The molecule has 2 aliphatic rings. The highest BCUT2D eigenvalue weighted by Gasteiger charge is 2.31. The third-order valence-corrected chi connectivity index (χ3v) is 7.02. The van der Waals surface area contributed by atoms with E-state index in [0.29, 0.717) is 19.5 Å². The molecular weight excluding hydrogens is 446 g/mol. The van der Waals surface area contributed by atoms with Gasteiger partial charge in [0.15, 0.2) is 0 Å². The summed E-state index contributed by atoms with van der Waals surface area (Å²) < 4.78 is 0. The number of hydrogen-bond acceptors (Lipinski definition) is 3. The second kappa shape index (κ2) is 11.0. The van der Waals surface area contributed by atoms with Crippen LogP contribution in [0, 0.1) is 5.92 Å². The van der Waals surface area contributed by atoms with Crippen molar-refractivity contribution in [3.8, 4) is 0 Å². The SMILES string of the molecule is Cl.O=C(N[C@H](Cc1ccc2ccccc2c1)C(=O)N1CCc2ccccc2C1)C1CCNCC1. The Bertz CT molecular complexity index is 1160. The average molecular weight is 478 g/mol. The van der Waals surface area contributed by atoms with E-state index in [1.165, 1.54) is 16.5 Å². The molecule has 2 heterocycles. The predicted molar refractivity (Wildman–Crippen MR) is 138 cm³/mol. The smallest absolute Gasteiger partial charge is 0.245 e. The lowest BCUT2D eigenvalue weighted by atomic mass is 9.95. The number of carbonyl (C=O) groups is 2. The van der Waals surface area contributed by atoms with Crippen LogP contribution in [0.15, 0.2) is 66.7 Å². The van der Waals surface area contributed by atoms with Crippen molar-refractivity contribution in [2.75, 3.05) is 19.6 Å². The molecule has 0 radical (unpaired) electrons. The van der Waals surface area contributed by atoms with Crippen molar-refractivity contribution in [2.24, 2.45) is 5.92 Å². The number of fused-ring (bicyclic) bond motifs is 2. The molecule has 5 rings (SSSR count). The number of benzene rings is 3. The Kier molecular flexibility index (Phi) is 7.86. The van der Waals surface area contributed by atoms with Gasteiger partial charge in [-0.2, -0.15) is 0 Å². The fourth-order valence-corrected chi connectivity index (χ4v) is 5.08. The first-order chi connectivity index (χ1) is 16.2. The van der Waals surface area contributed by atoms with Gasteiger partial charge in [0.05, 0.1) is 0 Å². The minimum atomic E-state index is -0.557. The van der Waals surface area contributed by atoms with Crippen molar-refractivity contribution in [3.05, 3.63) is 83.4 Å². The lowest BCUT2D eigenvalue weighted by molar-refractivity contribution is -0.138. The van der Waals surface area contributed by atoms with Gasteiger partial charge >= 0.3 is 0 Å². The molecular formula is C28H32ClN3O2. The van der Waals surface area contributed by atoms with Crippen LogP contribution in [0.2, 0.25) is 0 Å². The molecule has 3 aromatic carbocycles. The van der Waals surface area contributed by atoms with Crippen molar-refractivity contribution in [3.63, 3.8) is 0 Å². The van der Waals surface area contributed by atoms with Crippen LogP contribution in [0.4, 0.5) is 0 Å². The Morgan fingerprint density at radius 3 is 2.44 bits per heavy atom. The van der Waals surface area contributed by atoms with E-state index in [4.69, 9.17) is 0 Å². The Hall–Kier alpha value is -2.89. The Balaban J connectivity index is 0.00000274. The standard InChI is InChI=1S/C28H31N3O2.ClH/c32-27(23-11-14-29-15-12-23)30-26(18-20-9-10-21-5-1-3-7-24(21)17-20)28(33)31-16-13-22-6-2-4-8-25(22)19-31;/h1-10,17,23,26,29H,11-16,18-19H2,(H,30,32);1H/t26-;/m1./s1. The molecule has 2 N–H and O–H groups in total. The second-order valence-electron chi connectivity index (χ2n) is 9.25. The summed E-state index contributed by atoms with van der Waals surface area (Å²) >= 11 is 0. The van der Waals surface area contributed by atoms with Gasteiger partial charge in [0.1, 0.15) is 6.04 Å². The van der Waals surface area contributed by atoms with Crippen LogP contribution in [0.1, 0.15) is 29.5 Å². The van der Waals surface area contributed by atoms with E-state index in [2.05, 4.69) is 59.2 Å². The van der Waals surface area contributed by atoms with Crippen LogP contribution in [0.3, 0.4) is 0 Å². The molecule has 0 spiro atoms. The Labute approximate surface area is 207 Å². The summed E-state index contributed by atoms with van der Waals surface area (Å²) in [7, 11) is 0. The monoisotopic (exact) mass is 477 g/mol. The van der Waals surface area contributed by atoms with Gasteiger partial charge in [0.2, 0.25) is 11.8 Å². The van der Waals surface area contributed by atoms with Gasteiger partial charge < -0.3 is 15.5 Å². The van der Waals surface area contributed by atoms with E-state index in [1.807, 2.05) is 23.1 Å². The summed E-state index contributed by atoms with van der Waals surface area (Å²) in [4.78, 5) is 28.7. The highest BCUT2D eigenvalue weighted by atomic mass is 35.5. The highest BCUT2D eigenvalue weighted by Crippen LogP contribution is 2.22. The van der Waals surface area contributed by atoms with Crippen molar-refractivity contribution >= 4 is 35.0 Å². The van der Waals surface area contributed by atoms with Crippen LogP contribution in [0.25, 0.3) is 10.8 Å². The molecule has 0 bridgehead atoms. The van der Waals surface area contributed by atoms with Gasteiger partial charge in [-0.3, -0.25) is 9.59 Å². The van der Waals surface area contributed by atoms with Gasteiger partial charge in [-0.05, 0) is 59.8 Å². The number of hydrogen-bond donors (Lipinski definition) is 2. The molecule has 0 aromatic heterocycles. The van der Waals surface area contributed by atoms with Crippen molar-refractivity contribution in [2.45, 2.75) is 38.3 Å². The first-order valence-corrected chi connectivity index (χ1v) is 12.0. The third kappa shape index (κ3) is 5.43. The van der Waals surface area contributed by atoms with Crippen molar-refractivity contribution < 1.29 is 9.59 Å². The lowest BCUT2D eigenvalue weighted by Gasteiger charge is -2.33. The maximum absolute atomic E-state index is 13.7. The molecule has 0 saturated carbocycles. The molecule has 2 aliphatic heterocycles. The Morgan fingerprint density at radius 2 is 1.65 bits per heavy atom. The zero-order valence-electron chi connectivity index (χ0n) is 19.3. The fraction of sp³-hybridized carbons (Fsp3) is 0.357. The molecule has 5 nitrogen and oxygen atoms in total. The van der Waals surface area contributed by atoms with E-state index < -0.39 is 6.04 Å². The van der Waals surface area contributed by atoms with Gasteiger partial charge in [0, 0.05) is 25.4 Å². The number of nitrogens with one attached hydrogen (secondary N) is 2. The number of nitrogens with zero attached hydrogens (tertiary/aromatic N) is 1. The normalized spacial score (nSPS) is 16.9. The third-order valence-electron chi connectivity index (χ3n) is 7.02. The summed E-state index contributed by atoms with van der Waals surface area (Å²) in [6.07, 6.45) is 2.99. The molecule has 0 aliphatic carbocycles. The predicted octanol–water partition coefficient (Wildman–Crippen LogP) is 3.87. The van der Waals surface area contributed by atoms with Crippen LogP contribution in [0.5, 0.6) is 0 Å². The summed E-state index contributed by atoms with van der Waals surface area (Å²) in [5.74, 6) is -0.00627. The molecule has 6 heteroatoms. The Morgan fingerprint density at radius 1 is 0.941 bits per heavy atom. The number of piperidine rings is 1.